The number of amides is 1. The molecule has 156 valence electrons. The van der Waals surface area contributed by atoms with Crippen LogP contribution in [0.15, 0.2) is 66.9 Å². The highest BCUT2D eigenvalue weighted by atomic mass is 35.5. The molecular weight excluding hydrogens is 417 g/mol. The third-order valence-electron chi connectivity index (χ3n) is 5.28. The highest BCUT2D eigenvalue weighted by molar-refractivity contribution is 6.29. The number of carbonyl (C=O) groups is 1. The topological polar surface area (TPSA) is 45.2 Å². The normalized spacial score (nSPS) is 14.0. The van der Waals surface area contributed by atoms with Crippen LogP contribution in [-0.4, -0.2) is 28.9 Å². The molecule has 4 rings (SSSR count). The van der Waals surface area contributed by atoms with Gasteiger partial charge in [-0.2, -0.15) is 0 Å². The van der Waals surface area contributed by atoms with Crippen LogP contribution in [0.3, 0.4) is 0 Å². The molecule has 1 fully saturated rings. The van der Waals surface area contributed by atoms with Crippen molar-refractivity contribution in [3.63, 3.8) is 0 Å². The van der Waals surface area contributed by atoms with Crippen LogP contribution in [0.4, 0.5) is 5.69 Å². The fraction of sp³-hybridized carbons (Fsp3) is 0.250. The van der Waals surface area contributed by atoms with Crippen LogP contribution in [0.25, 0.3) is 11.1 Å². The van der Waals surface area contributed by atoms with Crippen LogP contribution >= 0.6 is 24.0 Å². The average molecular weight is 442 g/mol. The number of hydrogen-bond acceptors (Lipinski definition) is 3. The van der Waals surface area contributed by atoms with E-state index in [1.807, 2.05) is 30.3 Å². The van der Waals surface area contributed by atoms with Crippen LogP contribution in [0.2, 0.25) is 5.15 Å². The highest BCUT2D eigenvalue weighted by Gasteiger charge is 2.16. The van der Waals surface area contributed by atoms with Crippen molar-refractivity contribution in [2.45, 2.75) is 25.8 Å². The number of hydrogen-bond donors (Lipinski definition) is 1. The number of pyridine rings is 1. The largest absolute Gasteiger partial charge is 0.321 e. The van der Waals surface area contributed by atoms with Gasteiger partial charge in [-0.3, -0.25) is 9.69 Å². The Balaban J connectivity index is 0.00000256. The molecule has 0 spiro atoms. The predicted molar refractivity (Wildman–Crippen MR) is 125 cm³/mol. The second-order valence-electron chi connectivity index (χ2n) is 7.40. The van der Waals surface area contributed by atoms with Crippen LogP contribution in [0, 0.1) is 0 Å². The summed E-state index contributed by atoms with van der Waals surface area (Å²) in [7, 11) is 0. The summed E-state index contributed by atoms with van der Waals surface area (Å²) >= 11 is 5.83. The maximum atomic E-state index is 12.8. The summed E-state index contributed by atoms with van der Waals surface area (Å²) in [5.74, 6) is -0.145. The second-order valence-corrected chi connectivity index (χ2v) is 7.79. The van der Waals surface area contributed by atoms with E-state index in [1.165, 1.54) is 36.0 Å². The molecule has 3 aromatic rings. The minimum absolute atomic E-state index is 0. The number of piperidine rings is 1. The van der Waals surface area contributed by atoms with Crippen LogP contribution in [0.1, 0.15) is 35.2 Å². The molecule has 2 aromatic carbocycles. The lowest BCUT2D eigenvalue weighted by Gasteiger charge is -2.27. The summed E-state index contributed by atoms with van der Waals surface area (Å²) in [6, 6.07) is 19.7. The molecule has 6 heteroatoms. The van der Waals surface area contributed by atoms with Gasteiger partial charge in [-0.25, -0.2) is 4.98 Å². The van der Waals surface area contributed by atoms with Crippen molar-refractivity contribution >= 4 is 35.6 Å². The lowest BCUT2D eigenvalue weighted by atomic mass is 9.96. The van der Waals surface area contributed by atoms with Crippen LogP contribution < -0.4 is 5.32 Å². The second kappa shape index (κ2) is 10.6. The monoisotopic (exact) mass is 441 g/mol. The Hall–Kier alpha value is -2.40. The van der Waals surface area contributed by atoms with Crippen molar-refractivity contribution < 1.29 is 4.79 Å². The van der Waals surface area contributed by atoms with E-state index in [2.05, 4.69) is 33.4 Å². The molecular formula is C24H25Cl2N3O. The van der Waals surface area contributed by atoms with Gasteiger partial charge in [0.25, 0.3) is 5.91 Å². The van der Waals surface area contributed by atoms with E-state index < -0.39 is 0 Å². The van der Waals surface area contributed by atoms with Crippen molar-refractivity contribution in [2.75, 3.05) is 18.4 Å². The number of rotatable bonds is 5. The number of halogens is 2. The fourth-order valence-electron chi connectivity index (χ4n) is 3.78. The van der Waals surface area contributed by atoms with Gasteiger partial charge in [-0.15, -0.1) is 12.4 Å². The fourth-order valence-corrected chi connectivity index (χ4v) is 3.89. The van der Waals surface area contributed by atoms with Crippen molar-refractivity contribution in [3.05, 3.63) is 83.1 Å². The van der Waals surface area contributed by atoms with E-state index in [9.17, 15) is 4.79 Å². The molecule has 0 aliphatic carbocycles. The number of carbonyl (C=O) groups excluding carboxylic acids is 1. The summed E-state index contributed by atoms with van der Waals surface area (Å²) < 4.78 is 0. The first-order chi connectivity index (χ1) is 14.2. The standard InChI is InChI=1S/C24H24ClN3O.ClH/c25-23-12-10-21(16-26-23)27-24(29)19-9-11-22(18-7-3-1-4-8-18)20(15-19)17-28-13-5-2-6-14-28;/h1,3-4,7-12,15-16H,2,5-6,13-14,17H2,(H,27,29);1H. The minimum Gasteiger partial charge on any atom is -0.321 e. The zero-order valence-corrected chi connectivity index (χ0v) is 18.3. The van der Waals surface area contributed by atoms with E-state index in [0.29, 0.717) is 16.4 Å². The van der Waals surface area contributed by atoms with Gasteiger partial charge >= 0.3 is 0 Å². The quantitative estimate of drug-likeness (QED) is 0.489. The summed E-state index contributed by atoms with van der Waals surface area (Å²) in [6.07, 6.45) is 5.35. The lowest BCUT2D eigenvalue weighted by molar-refractivity contribution is 0.102. The van der Waals surface area contributed by atoms with Crippen molar-refractivity contribution in [1.29, 1.82) is 0 Å². The van der Waals surface area contributed by atoms with Crippen molar-refractivity contribution in [2.24, 2.45) is 0 Å². The Morgan fingerprint density at radius 3 is 2.47 bits per heavy atom. The molecule has 1 aliphatic rings. The zero-order valence-electron chi connectivity index (χ0n) is 16.7. The first-order valence-electron chi connectivity index (χ1n) is 10.0. The minimum atomic E-state index is -0.145. The average Bonchev–Trinajstić information content (AvgIpc) is 2.76. The molecule has 2 heterocycles. The molecule has 1 amide bonds. The van der Waals surface area contributed by atoms with E-state index in [1.54, 1.807) is 18.3 Å². The molecule has 30 heavy (non-hydrogen) atoms. The summed E-state index contributed by atoms with van der Waals surface area (Å²) in [5.41, 5.74) is 4.81. The molecule has 1 aliphatic heterocycles. The van der Waals surface area contributed by atoms with E-state index in [-0.39, 0.29) is 18.3 Å². The third-order valence-corrected chi connectivity index (χ3v) is 5.50. The SMILES string of the molecule is Cl.O=C(Nc1ccc(Cl)nc1)c1ccc(-c2ccccc2)c(CN2CCCCC2)c1. The summed E-state index contributed by atoms with van der Waals surface area (Å²) in [5, 5.41) is 3.30. The van der Waals surface area contributed by atoms with Gasteiger partial charge in [0.05, 0.1) is 11.9 Å². The first-order valence-corrected chi connectivity index (χ1v) is 10.4. The van der Waals surface area contributed by atoms with Crippen LogP contribution in [-0.2, 0) is 6.54 Å². The molecule has 0 saturated carbocycles. The van der Waals surface area contributed by atoms with Gasteiger partial charge in [-0.1, -0.05) is 54.4 Å². The third kappa shape index (κ3) is 5.60. The number of anilines is 1. The highest BCUT2D eigenvalue weighted by Crippen LogP contribution is 2.27. The van der Waals surface area contributed by atoms with Crippen molar-refractivity contribution in [3.8, 4) is 11.1 Å². The number of nitrogens with zero attached hydrogens (tertiary/aromatic N) is 2. The Morgan fingerprint density at radius 1 is 1.00 bits per heavy atom. The smallest absolute Gasteiger partial charge is 0.255 e. The van der Waals surface area contributed by atoms with Crippen molar-refractivity contribution in [1.82, 2.24) is 9.88 Å². The van der Waals surface area contributed by atoms with Gasteiger partial charge in [0.15, 0.2) is 0 Å². The molecule has 0 atom stereocenters. The maximum absolute atomic E-state index is 12.8. The van der Waals surface area contributed by atoms with Gasteiger partial charge in [-0.05, 0) is 66.9 Å². The van der Waals surface area contributed by atoms with E-state index in [4.69, 9.17) is 11.6 Å². The first kappa shape index (κ1) is 22.3. The van der Waals surface area contributed by atoms with Gasteiger partial charge in [0.2, 0.25) is 0 Å². The van der Waals surface area contributed by atoms with Crippen LogP contribution in [0.5, 0.6) is 0 Å². The molecule has 0 radical (unpaired) electrons. The molecule has 0 bridgehead atoms. The predicted octanol–water partition coefficient (Wildman–Crippen LogP) is 6.06. The molecule has 1 N–H and O–H groups in total. The van der Waals surface area contributed by atoms with E-state index >= 15 is 0 Å². The summed E-state index contributed by atoms with van der Waals surface area (Å²) in [4.78, 5) is 19.3. The zero-order chi connectivity index (χ0) is 20.1. The van der Waals surface area contributed by atoms with E-state index in [0.717, 1.165) is 19.6 Å². The Morgan fingerprint density at radius 2 is 1.77 bits per heavy atom. The van der Waals surface area contributed by atoms with Gasteiger partial charge in [0.1, 0.15) is 5.15 Å². The molecule has 1 aromatic heterocycles. The van der Waals surface area contributed by atoms with Gasteiger partial charge < -0.3 is 5.32 Å². The van der Waals surface area contributed by atoms with Gasteiger partial charge in [0, 0.05) is 12.1 Å². The number of likely N-dealkylation sites (tertiary alicyclic amines) is 1. The number of aromatic nitrogens is 1. The lowest BCUT2D eigenvalue weighted by Crippen LogP contribution is -2.29. The number of benzene rings is 2. The Kier molecular flexibility index (Phi) is 7.86. The number of nitrogens with one attached hydrogen (secondary N) is 1. The Labute approximate surface area is 188 Å². The molecule has 0 unspecified atom stereocenters. The maximum Gasteiger partial charge on any atom is 0.255 e. The summed E-state index contributed by atoms with van der Waals surface area (Å²) in [6.45, 7) is 3.08. The molecule has 1 saturated heterocycles. The molecule has 4 nitrogen and oxygen atoms in total. The Bertz CT molecular complexity index is 972.